The first-order valence-corrected chi connectivity index (χ1v) is 4.89. The van der Waals surface area contributed by atoms with Gasteiger partial charge in [-0.15, -0.1) is 0 Å². The zero-order valence-corrected chi connectivity index (χ0v) is 7.83. The monoisotopic (exact) mass is 177 g/mol. The van der Waals surface area contributed by atoms with Gasteiger partial charge >= 0.3 is 0 Å². The molecule has 1 saturated carbocycles. The molecule has 2 rings (SSSR count). The Morgan fingerprint density at radius 3 is 2.92 bits per heavy atom. The Hall–Kier alpha value is -1.05. The molecule has 1 aliphatic carbocycles. The van der Waals surface area contributed by atoms with Crippen LogP contribution < -0.4 is 0 Å². The minimum Gasteiger partial charge on any atom is -0.335 e. The lowest BCUT2D eigenvalue weighted by atomic mass is 10.2. The number of nitrogens with zero attached hydrogens (tertiary/aromatic N) is 1. The Balaban J connectivity index is 2.01. The fourth-order valence-electron chi connectivity index (χ4n) is 1.59. The quantitative estimate of drug-likeness (QED) is 0.465. The van der Waals surface area contributed by atoms with Crippen molar-refractivity contribution >= 4 is 5.91 Å². The molecule has 0 radical (unpaired) electrons. The van der Waals surface area contributed by atoms with Crippen molar-refractivity contribution in [3.8, 4) is 0 Å². The van der Waals surface area contributed by atoms with Crippen molar-refractivity contribution in [3.63, 3.8) is 0 Å². The fourth-order valence-corrected chi connectivity index (χ4v) is 1.59. The van der Waals surface area contributed by atoms with E-state index >= 15 is 0 Å². The van der Waals surface area contributed by atoms with Gasteiger partial charge in [-0.05, 0) is 25.2 Å². The molecule has 2 nitrogen and oxygen atoms in total. The number of rotatable bonds is 2. The third-order valence-corrected chi connectivity index (χ3v) is 2.62. The van der Waals surface area contributed by atoms with E-state index in [0.717, 1.165) is 31.0 Å². The normalized spacial score (nSPS) is 23.5. The van der Waals surface area contributed by atoms with E-state index in [0.29, 0.717) is 0 Å². The third kappa shape index (κ3) is 2.00. The van der Waals surface area contributed by atoms with Crippen molar-refractivity contribution in [1.82, 2.24) is 4.90 Å². The van der Waals surface area contributed by atoms with Gasteiger partial charge in [0, 0.05) is 18.7 Å². The number of amides is 1. The molecule has 13 heavy (non-hydrogen) atoms. The van der Waals surface area contributed by atoms with Gasteiger partial charge < -0.3 is 4.90 Å². The van der Waals surface area contributed by atoms with Crippen LogP contribution in [0, 0.1) is 5.92 Å². The van der Waals surface area contributed by atoms with E-state index in [1.54, 1.807) is 0 Å². The second-order valence-corrected chi connectivity index (χ2v) is 3.93. The van der Waals surface area contributed by atoms with Crippen molar-refractivity contribution in [3.05, 3.63) is 24.3 Å². The Bertz CT molecular complexity index is 263. The van der Waals surface area contributed by atoms with Crippen molar-refractivity contribution in [2.45, 2.75) is 19.3 Å². The maximum atomic E-state index is 11.7. The SMILES string of the molecule is C=C1CC=CCN(CC2CC2)C1=O. The molecule has 1 aliphatic heterocycles. The lowest BCUT2D eigenvalue weighted by molar-refractivity contribution is -0.126. The zero-order chi connectivity index (χ0) is 9.26. The minimum absolute atomic E-state index is 0.150. The van der Waals surface area contributed by atoms with Gasteiger partial charge in [0.25, 0.3) is 0 Å². The summed E-state index contributed by atoms with van der Waals surface area (Å²) in [6, 6.07) is 0. The van der Waals surface area contributed by atoms with Gasteiger partial charge in [0.1, 0.15) is 0 Å². The second-order valence-electron chi connectivity index (χ2n) is 3.93. The van der Waals surface area contributed by atoms with E-state index in [1.807, 2.05) is 11.0 Å². The van der Waals surface area contributed by atoms with E-state index in [4.69, 9.17) is 0 Å². The molecule has 2 aliphatic rings. The lowest BCUT2D eigenvalue weighted by Gasteiger charge is -2.19. The van der Waals surface area contributed by atoms with Gasteiger partial charge in [-0.3, -0.25) is 4.79 Å². The van der Waals surface area contributed by atoms with Crippen LogP contribution in [0.1, 0.15) is 19.3 Å². The summed E-state index contributed by atoms with van der Waals surface area (Å²) < 4.78 is 0. The lowest BCUT2D eigenvalue weighted by Crippen LogP contribution is -2.32. The highest BCUT2D eigenvalue weighted by Crippen LogP contribution is 2.30. The summed E-state index contributed by atoms with van der Waals surface area (Å²) in [5, 5.41) is 0. The molecule has 1 amide bonds. The number of carbonyl (C=O) groups excluding carboxylic acids is 1. The molecule has 0 spiro atoms. The van der Waals surface area contributed by atoms with Gasteiger partial charge in [0.15, 0.2) is 0 Å². The average molecular weight is 177 g/mol. The molecule has 2 heteroatoms. The molecule has 0 saturated heterocycles. The van der Waals surface area contributed by atoms with Crippen LogP contribution >= 0.6 is 0 Å². The summed E-state index contributed by atoms with van der Waals surface area (Å²) in [6.07, 6.45) is 7.41. The van der Waals surface area contributed by atoms with Gasteiger partial charge in [-0.2, -0.15) is 0 Å². The molecule has 1 fully saturated rings. The summed E-state index contributed by atoms with van der Waals surface area (Å²) in [5.74, 6) is 0.917. The van der Waals surface area contributed by atoms with Crippen LogP contribution in [0.25, 0.3) is 0 Å². The molecule has 0 aromatic carbocycles. The topological polar surface area (TPSA) is 20.3 Å². The molecule has 0 unspecified atom stereocenters. The predicted octanol–water partition coefficient (Wildman–Crippen LogP) is 1.74. The van der Waals surface area contributed by atoms with E-state index in [9.17, 15) is 4.79 Å². The molecule has 0 bridgehead atoms. The summed E-state index contributed by atoms with van der Waals surface area (Å²) >= 11 is 0. The van der Waals surface area contributed by atoms with Crippen molar-refractivity contribution in [2.24, 2.45) is 5.92 Å². The number of hydrogen-bond acceptors (Lipinski definition) is 1. The molecule has 1 heterocycles. The van der Waals surface area contributed by atoms with Gasteiger partial charge in [0.2, 0.25) is 5.91 Å². The standard InChI is InChI=1S/C11H15NO/c1-9-4-2-3-7-12(11(9)13)8-10-5-6-10/h2-3,10H,1,4-8H2. The summed E-state index contributed by atoms with van der Waals surface area (Å²) in [5.41, 5.74) is 0.731. The Labute approximate surface area is 78.9 Å². The smallest absolute Gasteiger partial charge is 0.249 e. The minimum atomic E-state index is 0.150. The van der Waals surface area contributed by atoms with Crippen LogP contribution in [0.4, 0.5) is 0 Å². The molecule has 0 aromatic rings. The van der Waals surface area contributed by atoms with Crippen LogP contribution in [-0.2, 0) is 4.79 Å². The highest BCUT2D eigenvalue weighted by molar-refractivity contribution is 5.93. The highest BCUT2D eigenvalue weighted by atomic mass is 16.2. The van der Waals surface area contributed by atoms with Crippen LogP contribution in [-0.4, -0.2) is 23.9 Å². The first kappa shape index (κ1) is 8.54. The van der Waals surface area contributed by atoms with Crippen molar-refractivity contribution in [2.75, 3.05) is 13.1 Å². The van der Waals surface area contributed by atoms with Crippen molar-refractivity contribution < 1.29 is 4.79 Å². The Morgan fingerprint density at radius 1 is 1.46 bits per heavy atom. The van der Waals surface area contributed by atoms with E-state index in [-0.39, 0.29) is 5.91 Å². The number of allylic oxidation sites excluding steroid dienone is 1. The Kier molecular flexibility index (Phi) is 2.21. The third-order valence-electron chi connectivity index (χ3n) is 2.62. The second kappa shape index (κ2) is 3.36. The molecular formula is C11H15NO. The predicted molar refractivity (Wildman–Crippen MR) is 52.2 cm³/mol. The summed E-state index contributed by atoms with van der Waals surface area (Å²) in [6.45, 7) is 5.50. The van der Waals surface area contributed by atoms with E-state index < -0.39 is 0 Å². The molecular weight excluding hydrogens is 162 g/mol. The summed E-state index contributed by atoms with van der Waals surface area (Å²) in [7, 11) is 0. The molecule has 0 aromatic heterocycles. The zero-order valence-electron chi connectivity index (χ0n) is 7.83. The number of carbonyl (C=O) groups is 1. The number of hydrogen-bond donors (Lipinski definition) is 0. The molecule has 0 atom stereocenters. The van der Waals surface area contributed by atoms with Gasteiger partial charge in [-0.1, -0.05) is 18.7 Å². The first-order valence-electron chi connectivity index (χ1n) is 4.89. The fraction of sp³-hybridized carbons (Fsp3) is 0.545. The maximum Gasteiger partial charge on any atom is 0.249 e. The largest absolute Gasteiger partial charge is 0.335 e. The van der Waals surface area contributed by atoms with Crippen LogP contribution in [0.2, 0.25) is 0 Å². The van der Waals surface area contributed by atoms with Gasteiger partial charge in [0.05, 0.1) is 0 Å². The van der Waals surface area contributed by atoms with Crippen LogP contribution in [0.5, 0.6) is 0 Å². The highest BCUT2D eigenvalue weighted by Gasteiger charge is 2.27. The average Bonchev–Trinajstić information content (AvgIpc) is 2.91. The molecule has 70 valence electrons. The summed E-state index contributed by atoms with van der Waals surface area (Å²) in [4.78, 5) is 13.6. The van der Waals surface area contributed by atoms with Crippen molar-refractivity contribution in [1.29, 1.82) is 0 Å². The van der Waals surface area contributed by atoms with E-state index in [1.165, 1.54) is 12.8 Å². The van der Waals surface area contributed by atoms with Crippen LogP contribution in [0.15, 0.2) is 24.3 Å². The first-order chi connectivity index (χ1) is 6.27. The van der Waals surface area contributed by atoms with Gasteiger partial charge in [-0.25, -0.2) is 0 Å². The van der Waals surface area contributed by atoms with Crippen LogP contribution in [0.3, 0.4) is 0 Å². The Morgan fingerprint density at radius 2 is 2.23 bits per heavy atom. The maximum absolute atomic E-state index is 11.7. The van der Waals surface area contributed by atoms with E-state index in [2.05, 4.69) is 12.7 Å². The molecule has 0 N–H and O–H groups in total.